The first-order valence-corrected chi connectivity index (χ1v) is 10.4. The maximum Gasteiger partial charge on any atom is 0.231 e. The van der Waals surface area contributed by atoms with E-state index in [-0.39, 0.29) is 6.79 Å². The van der Waals surface area contributed by atoms with Crippen molar-refractivity contribution in [3.8, 4) is 45.7 Å². The second-order valence-electron chi connectivity index (χ2n) is 7.59. The molecule has 1 aliphatic heterocycles. The van der Waals surface area contributed by atoms with Gasteiger partial charge in [0.2, 0.25) is 6.79 Å². The molecule has 0 bridgehead atoms. The molecular formula is C24H15N7O2. The third-order valence-electron chi connectivity index (χ3n) is 5.61. The number of fused-ring (bicyclic) bond motifs is 3. The van der Waals surface area contributed by atoms with E-state index in [1.165, 1.54) is 0 Å². The van der Waals surface area contributed by atoms with Crippen molar-refractivity contribution in [2.75, 3.05) is 6.79 Å². The summed E-state index contributed by atoms with van der Waals surface area (Å²) >= 11 is 0. The van der Waals surface area contributed by atoms with Crippen molar-refractivity contribution in [1.29, 1.82) is 0 Å². The van der Waals surface area contributed by atoms with Gasteiger partial charge in [-0.1, -0.05) is 6.07 Å². The van der Waals surface area contributed by atoms with Crippen LogP contribution in [0.1, 0.15) is 0 Å². The van der Waals surface area contributed by atoms with Gasteiger partial charge >= 0.3 is 0 Å². The van der Waals surface area contributed by atoms with E-state index in [9.17, 15) is 0 Å². The highest BCUT2D eigenvalue weighted by atomic mass is 16.7. The van der Waals surface area contributed by atoms with Gasteiger partial charge in [0.1, 0.15) is 11.0 Å². The summed E-state index contributed by atoms with van der Waals surface area (Å²) in [7, 11) is 0. The number of pyridine rings is 3. The highest BCUT2D eigenvalue weighted by Crippen LogP contribution is 2.37. The maximum absolute atomic E-state index is 5.53. The lowest BCUT2D eigenvalue weighted by atomic mass is 10.1. The van der Waals surface area contributed by atoms with Gasteiger partial charge in [0.15, 0.2) is 23.0 Å². The normalized spacial score (nSPS) is 12.6. The summed E-state index contributed by atoms with van der Waals surface area (Å²) in [6.45, 7) is 0.225. The number of ether oxygens (including phenoxy) is 2. The molecule has 33 heavy (non-hydrogen) atoms. The SMILES string of the molecule is c1ccc(-c2ccc3[nH]nc(-c4nc5c(-c6ccc7c(c6)OCO7)nccc5[nH]4)c3n2)nc1. The van der Waals surface area contributed by atoms with Crippen molar-refractivity contribution >= 4 is 22.1 Å². The molecule has 0 saturated carbocycles. The van der Waals surface area contributed by atoms with Gasteiger partial charge in [-0.3, -0.25) is 15.1 Å². The van der Waals surface area contributed by atoms with Crippen LogP contribution in [0.2, 0.25) is 0 Å². The molecule has 7 rings (SSSR count). The van der Waals surface area contributed by atoms with E-state index in [0.29, 0.717) is 17.3 Å². The van der Waals surface area contributed by atoms with Gasteiger partial charge in [0.05, 0.1) is 28.1 Å². The Kier molecular flexibility index (Phi) is 3.71. The molecule has 0 amide bonds. The first-order valence-electron chi connectivity index (χ1n) is 10.4. The molecule has 9 nitrogen and oxygen atoms in total. The largest absolute Gasteiger partial charge is 0.454 e. The summed E-state index contributed by atoms with van der Waals surface area (Å²) < 4.78 is 11.0. The van der Waals surface area contributed by atoms with E-state index in [1.807, 2.05) is 54.6 Å². The molecule has 1 aliphatic rings. The van der Waals surface area contributed by atoms with Crippen molar-refractivity contribution in [2.24, 2.45) is 0 Å². The summed E-state index contributed by atoms with van der Waals surface area (Å²) in [6, 6.07) is 17.3. The average Bonchev–Trinajstić information content (AvgIpc) is 3.60. The van der Waals surface area contributed by atoms with Crippen molar-refractivity contribution in [3.63, 3.8) is 0 Å². The molecule has 0 unspecified atom stereocenters. The van der Waals surface area contributed by atoms with Crippen LogP contribution in [0.5, 0.6) is 11.5 Å². The molecule has 2 N–H and O–H groups in total. The second-order valence-corrected chi connectivity index (χ2v) is 7.59. The van der Waals surface area contributed by atoms with Crippen LogP contribution in [0, 0.1) is 0 Å². The van der Waals surface area contributed by atoms with Gasteiger partial charge in [0.25, 0.3) is 0 Å². The minimum absolute atomic E-state index is 0.225. The molecule has 6 aromatic rings. The van der Waals surface area contributed by atoms with E-state index in [1.54, 1.807) is 12.4 Å². The monoisotopic (exact) mass is 433 g/mol. The third kappa shape index (κ3) is 2.83. The fraction of sp³-hybridized carbons (Fsp3) is 0.0417. The molecule has 1 aromatic carbocycles. The zero-order valence-electron chi connectivity index (χ0n) is 17.1. The van der Waals surface area contributed by atoms with Gasteiger partial charge < -0.3 is 14.5 Å². The molecule has 9 heteroatoms. The van der Waals surface area contributed by atoms with Crippen molar-refractivity contribution < 1.29 is 9.47 Å². The predicted octanol–water partition coefficient (Wildman–Crippen LogP) is 4.35. The lowest BCUT2D eigenvalue weighted by Crippen LogP contribution is -1.92. The van der Waals surface area contributed by atoms with Crippen LogP contribution in [0.15, 0.2) is 67.0 Å². The van der Waals surface area contributed by atoms with Crippen LogP contribution in [-0.2, 0) is 0 Å². The average molecular weight is 433 g/mol. The Morgan fingerprint density at radius 2 is 1.67 bits per heavy atom. The molecule has 0 spiro atoms. The summed E-state index contributed by atoms with van der Waals surface area (Å²) in [4.78, 5) is 22.0. The number of nitrogens with zero attached hydrogens (tertiary/aromatic N) is 5. The van der Waals surface area contributed by atoms with E-state index >= 15 is 0 Å². The van der Waals surface area contributed by atoms with Crippen LogP contribution in [0.3, 0.4) is 0 Å². The molecule has 0 saturated heterocycles. The van der Waals surface area contributed by atoms with Crippen LogP contribution in [-0.4, -0.2) is 41.9 Å². The van der Waals surface area contributed by atoms with Crippen LogP contribution in [0.25, 0.3) is 56.2 Å². The number of aromatic amines is 2. The quantitative estimate of drug-likeness (QED) is 0.426. The summed E-state index contributed by atoms with van der Waals surface area (Å²) in [5.74, 6) is 2.04. The number of H-pyrrole nitrogens is 2. The Bertz CT molecular complexity index is 1660. The van der Waals surface area contributed by atoms with Crippen molar-refractivity contribution in [1.82, 2.24) is 35.1 Å². The van der Waals surface area contributed by atoms with Gasteiger partial charge in [-0.15, -0.1) is 0 Å². The zero-order chi connectivity index (χ0) is 21.8. The topological polar surface area (TPSA) is 114 Å². The maximum atomic E-state index is 5.53. The predicted molar refractivity (Wildman–Crippen MR) is 122 cm³/mol. The van der Waals surface area contributed by atoms with Gasteiger partial charge in [-0.25, -0.2) is 9.97 Å². The van der Waals surface area contributed by atoms with Crippen molar-refractivity contribution in [2.45, 2.75) is 0 Å². The molecule has 5 aromatic heterocycles. The standard InChI is InChI=1S/C24H15N7O2/c1-2-9-25-14(3-1)15-5-6-17-22(27-15)23(31-30-17)24-28-16-8-10-26-20(21(16)29-24)13-4-7-18-19(11-13)33-12-32-18/h1-11H,12H2,(H,28,29)(H,30,31). The number of nitrogens with one attached hydrogen (secondary N) is 2. The first-order chi connectivity index (χ1) is 16.3. The minimum Gasteiger partial charge on any atom is -0.454 e. The summed E-state index contributed by atoms with van der Waals surface area (Å²) in [5.41, 5.74) is 6.97. The number of aromatic nitrogens is 7. The summed E-state index contributed by atoms with van der Waals surface area (Å²) in [6.07, 6.45) is 3.51. The van der Waals surface area contributed by atoms with Crippen LogP contribution in [0.4, 0.5) is 0 Å². The summed E-state index contributed by atoms with van der Waals surface area (Å²) in [5, 5.41) is 7.53. The number of imidazole rings is 1. The number of benzene rings is 1. The van der Waals surface area contributed by atoms with Crippen LogP contribution < -0.4 is 9.47 Å². The highest BCUT2D eigenvalue weighted by molar-refractivity contribution is 5.95. The lowest BCUT2D eigenvalue weighted by Gasteiger charge is -2.03. The fourth-order valence-electron chi connectivity index (χ4n) is 4.02. The molecule has 0 aliphatic carbocycles. The third-order valence-corrected chi connectivity index (χ3v) is 5.61. The highest BCUT2D eigenvalue weighted by Gasteiger charge is 2.19. The van der Waals surface area contributed by atoms with E-state index in [2.05, 4.69) is 25.1 Å². The van der Waals surface area contributed by atoms with Crippen molar-refractivity contribution in [3.05, 3.63) is 67.0 Å². The Morgan fingerprint density at radius 1 is 0.727 bits per heavy atom. The lowest BCUT2D eigenvalue weighted by molar-refractivity contribution is 0.174. The van der Waals surface area contributed by atoms with E-state index in [4.69, 9.17) is 19.4 Å². The number of rotatable bonds is 3. The Hall–Kier alpha value is -4.79. The zero-order valence-corrected chi connectivity index (χ0v) is 17.1. The Labute approximate surface area is 186 Å². The fourth-order valence-corrected chi connectivity index (χ4v) is 4.02. The Morgan fingerprint density at radius 3 is 2.61 bits per heavy atom. The van der Waals surface area contributed by atoms with E-state index < -0.39 is 0 Å². The number of hydrogen-bond acceptors (Lipinski definition) is 7. The molecule has 6 heterocycles. The van der Waals surface area contributed by atoms with E-state index in [0.717, 1.165) is 50.5 Å². The molecule has 0 radical (unpaired) electrons. The Balaban J connectivity index is 1.37. The molecule has 158 valence electrons. The van der Waals surface area contributed by atoms with Gasteiger partial charge in [0, 0.05) is 18.0 Å². The second kappa shape index (κ2) is 6.86. The minimum atomic E-state index is 0.225. The van der Waals surface area contributed by atoms with Crippen LogP contribution >= 0.6 is 0 Å². The molecule has 0 atom stereocenters. The molecular weight excluding hydrogens is 418 g/mol. The molecule has 0 fully saturated rings. The van der Waals surface area contributed by atoms with Gasteiger partial charge in [-0.2, -0.15) is 5.10 Å². The number of hydrogen-bond donors (Lipinski definition) is 2. The smallest absolute Gasteiger partial charge is 0.231 e. The van der Waals surface area contributed by atoms with Gasteiger partial charge in [-0.05, 0) is 48.5 Å². The first kappa shape index (κ1) is 17.8.